The van der Waals surface area contributed by atoms with Crippen molar-refractivity contribution in [2.24, 2.45) is 10.7 Å². The predicted molar refractivity (Wildman–Crippen MR) is 70.3 cm³/mol. The molecule has 2 N–H and O–H groups in total. The number of carbonyl (C=O) groups is 1. The van der Waals surface area contributed by atoms with E-state index in [4.69, 9.17) is 10.5 Å². The molecule has 2 heterocycles. The van der Waals surface area contributed by atoms with Crippen molar-refractivity contribution in [2.75, 3.05) is 13.7 Å². The molecule has 1 unspecified atom stereocenters. The minimum Gasteiger partial charge on any atom is -0.493 e. The second-order valence-corrected chi connectivity index (χ2v) is 5.35. The fraction of sp³-hybridized carbons (Fsp3) is 0.333. The van der Waals surface area contributed by atoms with E-state index in [9.17, 15) is 4.79 Å². The smallest absolute Gasteiger partial charge is 0.261 e. The molecule has 1 aromatic carbocycles. The van der Waals surface area contributed by atoms with Gasteiger partial charge in [-0.1, -0.05) is 15.9 Å². The van der Waals surface area contributed by atoms with Crippen molar-refractivity contribution < 1.29 is 9.53 Å². The molecular weight excluding hydrogens is 298 g/mol. The van der Waals surface area contributed by atoms with Crippen LogP contribution in [0, 0.1) is 0 Å². The molecule has 0 saturated carbocycles. The number of nitrogens with two attached hydrogens (primary N) is 1. The number of amides is 1. The van der Waals surface area contributed by atoms with Gasteiger partial charge in [-0.2, -0.15) is 0 Å². The molecule has 6 heteroatoms. The van der Waals surface area contributed by atoms with E-state index >= 15 is 0 Å². The molecule has 0 aromatic heterocycles. The summed E-state index contributed by atoms with van der Waals surface area (Å²) in [5.41, 5.74) is 5.64. The third-order valence-corrected chi connectivity index (χ3v) is 3.91. The molecule has 0 radical (unpaired) electrons. The van der Waals surface area contributed by atoms with Crippen molar-refractivity contribution in [1.82, 2.24) is 4.90 Å². The highest BCUT2D eigenvalue weighted by atomic mass is 79.9. The van der Waals surface area contributed by atoms with Crippen molar-refractivity contribution >= 4 is 27.8 Å². The third-order valence-electron chi connectivity index (χ3n) is 3.42. The summed E-state index contributed by atoms with van der Waals surface area (Å²) in [6.07, 6.45) is 0.514. The Kier molecular flexibility index (Phi) is 2.38. The Labute approximate surface area is 113 Å². The van der Waals surface area contributed by atoms with Gasteiger partial charge in [0.15, 0.2) is 11.5 Å². The quantitative estimate of drug-likeness (QED) is 0.783. The summed E-state index contributed by atoms with van der Waals surface area (Å²) in [4.78, 5) is 18.2. The molecule has 0 bridgehead atoms. The van der Waals surface area contributed by atoms with Crippen molar-refractivity contribution in [3.63, 3.8) is 0 Å². The van der Waals surface area contributed by atoms with Crippen molar-refractivity contribution in [3.05, 3.63) is 28.2 Å². The molecule has 1 aromatic rings. The number of rotatable bonds is 0. The van der Waals surface area contributed by atoms with Crippen LogP contribution in [0.5, 0.6) is 5.75 Å². The summed E-state index contributed by atoms with van der Waals surface area (Å²) < 4.78 is 6.47. The predicted octanol–water partition coefficient (Wildman–Crippen LogP) is 1.21. The minimum absolute atomic E-state index is 0.0948. The standard InChI is InChI=1S/C12H12BrN3O2/c1-16-10(17)12(15-11(16)14)4-5-18-9-3-2-7(13)6-8(9)12/h2-3,6H,4-5H2,1H3,(H2,14,15). The lowest BCUT2D eigenvalue weighted by molar-refractivity contribution is -0.131. The highest BCUT2D eigenvalue weighted by Gasteiger charge is 2.51. The molecular formula is C12H12BrN3O2. The van der Waals surface area contributed by atoms with Crippen LogP contribution in [0.3, 0.4) is 0 Å². The van der Waals surface area contributed by atoms with E-state index in [1.165, 1.54) is 4.90 Å². The van der Waals surface area contributed by atoms with Gasteiger partial charge < -0.3 is 10.5 Å². The van der Waals surface area contributed by atoms with Gasteiger partial charge in [-0.3, -0.25) is 9.69 Å². The summed E-state index contributed by atoms with van der Waals surface area (Å²) in [6, 6.07) is 5.61. The first-order valence-corrected chi connectivity index (χ1v) is 6.40. The summed E-state index contributed by atoms with van der Waals surface area (Å²) in [5.74, 6) is 0.861. The largest absolute Gasteiger partial charge is 0.493 e. The van der Waals surface area contributed by atoms with E-state index in [0.29, 0.717) is 18.8 Å². The number of benzene rings is 1. The number of hydrogen-bond donors (Lipinski definition) is 1. The maximum absolute atomic E-state index is 12.4. The van der Waals surface area contributed by atoms with Crippen LogP contribution in [-0.2, 0) is 10.3 Å². The average Bonchev–Trinajstić information content (AvgIpc) is 2.56. The van der Waals surface area contributed by atoms with Crippen LogP contribution in [0.4, 0.5) is 0 Å². The zero-order chi connectivity index (χ0) is 12.9. The van der Waals surface area contributed by atoms with Gasteiger partial charge in [-0.05, 0) is 18.2 Å². The summed E-state index contributed by atoms with van der Waals surface area (Å²) in [5, 5.41) is 0. The fourth-order valence-electron chi connectivity index (χ4n) is 2.43. The normalized spacial score (nSPS) is 26.0. The Morgan fingerprint density at radius 3 is 3.00 bits per heavy atom. The monoisotopic (exact) mass is 309 g/mol. The zero-order valence-corrected chi connectivity index (χ0v) is 11.4. The summed E-state index contributed by atoms with van der Waals surface area (Å²) in [7, 11) is 1.64. The van der Waals surface area contributed by atoms with E-state index < -0.39 is 5.54 Å². The van der Waals surface area contributed by atoms with Gasteiger partial charge in [0.05, 0.1) is 6.61 Å². The van der Waals surface area contributed by atoms with E-state index in [-0.39, 0.29) is 11.9 Å². The second kappa shape index (κ2) is 3.71. The third kappa shape index (κ3) is 1.38. The highest BCUT2D eigenvalue weighted by Crippen LogP contribution is 2.44. The van der Waals surface area contributed by atoms with Crippen LogP contribution >= 0.6 is 15.9 Å². The highest BCUT2D eigenvalue weighted by molar-refractivity contribution is 9.10. The zero-order valence-electron chi connectivity index (χ0n) is 9.81. The Balaban J connectivity index is 2.22. The topological polar surface area (TPSA) is 67.9 Å². The summed E-state index contributed by atoms with van der Waals surface area (Å²) >= 11 is 3.41. The molecule has 2 aliphatic heterocycles. The second-order valence-electron chi connectivity index (χ2n) is 4.43. The first-order valence-electron chi connectivity index (χ1n) is 5.61. The van der Waals surface area contributed by atoms with Crippen LogP contribution < -0.4 is 10.5 Å². The molecule has 1 amide bonds. The maximum Gasteiger partial charge on any atom is 0.261 e. The van der Waals surface area contributed by atoms with Gasteiger partial charge in [0, 0.05) is 23.5 Å². The van der Waals surface area contributed by atoms with E-state index in [1.54, 1.807) is 7.05 Å². The number of fused-ring (bicyclic) bond motifs is 2. The lowest BCUT2D eigenvalue weighted by Crippen LogP contribution is -2.42. The number of hydrogen-bond acceptors (Lipinski definition) is 4. The number of carbonyl (C=O) groups excluding carboxylic acids is 1. The molecule has 5 nitrogen and oxygen atoms in total. The number of guanidine groups is 1. The van der Waals surface area contributed by atoms with Crippen LogP contribution in [0.25, 0.3) is 0 Å². The summed E-state index contributed by atoms with van der Waals surface area (Å²) in [6.45, 7) is 0.463. The van der Waals surface area contributed by atoms with E-state index in [1.807, 2.05) is 18.2 Å². The van der Waals surface area contributed by atoms with E-state index in [0.717, 1.165) is 10.0 Å². The first kappa shape index (κ1) is 11.5. The number of likely N-dealkylation sites (N-methyl/N-ethyl adjacent to an activating group) is 1. The maximum atomic E-state index is 12.4. The van der Waals surface area contributed by atoms with Crippen LogP contribution in [0.15, 0.2) is 27.7 Å². The van der Waals surface area contributed by atoms with E-state index in [2.05, 4.69) is 20.9 Å². The fourth-order valence-corrected chi connectivity index (χ4v) is 2.79. The van der Waals surface area contributed by atoms with Gasteiger partial charge in [0.25, 0.3) is 5.91 Å². The Hall–Kier alpha value is -1.56. The van der Waals surface area contributed by atoms with Gasteiger partial charge in [0.2, 0.25) is 0 Å². The Bertz CT molecular complexity index is 572. The number of halogens is 1. The minimum atomic E-state index is -0.907. The SMILES string of the molecule is CN1C(=O)C2(CCOc3ccc(Br)cc32)N=C1N. The molecule has 0 fully saturated rings. The molecule has 18 heavy (non-hydrogen) atoms. The lowest BCUT2D eigenvalue weighted by Gasteiger charge is -2.31. The molecule has 3 rings (SSSR count). The van der Waals surface area contributed by atoms with Gasteiger partial charge in [-0.25, -0.2) is 4.99 Å². The average molecular weight is 310 g/mol. The number of aliphatic imine (C=N–C) groups is 1. The van der Waals surface area contributed by atoms with Gasteiger partial charge >= 0.3 is 0 Å². The lowest BCUT2D eigenvalue weighted by atomic mass is 9.84. The number of nitrogens with zero attached hydrogens (tertiary/aromatic N) is 2. The molecule has 1 atom stereocenters. The Morgan fingerprint density at radius 2 is 2.33 bits per heavy atom. The molecule has 2 aliphatic rings. The van der Waals surface area contributed by atoms with Crippen LogP contribution in [0.1, 0.15) is 12.0 Å². The van der Waals surface area contributed by atoms with Gasteiger partial charge in [0.1, 0.15) is 5.75 Å². The van der Waals surface area contributed by atoms with Gasteiger partial charge in [-0.15, -0.1) is 0 Å². The number of ether oxygens (including phenoxy) is 1. The molecule has 1 spiro atoms. The van der Waals surface area contributed by atoms with Crippen molar-refractivity contribution in [3.8, 4) is 5.75 Å². The van der Waals surface area contributed by atoms with Crippen molar-refractivity contribution in [1.29, 1.82) is 0 Å². The first-order chi connectivity index (χ1) is 8.54. The van der Waals surface area contributed by atoms with Crippen LogP contribution in [0.2, 0.25) is 0 Å². The van der Waals surface area contributed by atoms with Crippen molar-refractivity contribution in [2.45, 2.75) is 12.0 Å². The Morgan fingerprint density at radius 1 is 1.56 bits per heavy atom. The molecule has 94 valence electrons. The molecule has 0 aliphatic carbocycles. The van der Waals surface area contributed by atoms with Crippen LogP contribution in [-0.4, -0.2) is 30.4 Å². The molecule has 0 saturated heterocycles.